The van der Waals surface area contributed by atoms with Crippen molar-refractivity contribution >= 4 is 17.7 Å². The fourth-order valence-corrected chi connectivity index (χ4v) is 2.71. The van der Waals surface area contributed by atoms with Gasteiger partial charge in [0.25, 0.3) is 10.1 Å². The van der Waals surface area contributed by atoms with E-state index in [4.69, 9.17) is 14.3 Å². The van der Waals surface area contributed by atoms with Gasteiger partial charge in [0.2, 0.25) is 0 Å². The van der Waals surface area contributed by atoms with Crippen molar-refractivity contribution in [3.05, 3.63) is 29.3 Å². The van der Waals surface area contributed by atoms with Crippen molar-refractivity contribution in [3.8, 4) is 0 Å². The van der Waals surface area contributed by atoms with E-state index in [1.807, 2.05) is 0 Å². The van der Waals surface area contributed by atoms with E-state index in [0.717, 1.165) is 0 Å². The Balaban J connectivity index is 3.54. The number of halogens is 2. The molecule has 0 unspecified atom stereocenters. The molecule has 96 valence electrons. The summed E-state index contributed by atoms with van der Waals surface area (Å²) in [7, 11) is -9.71. The van der Waals surface area contributed by atoms with Gasteiger partial charge in [-0.2, -0.15) is 8.42 Å². The Kier molecular flexibility index (Phi) is 3.70. The minimum atomic E-state index is -4.90. The summed E-state index contributed by atoms with van der Waals surface area (Å²) in [4.78, 5) is 16.2. The lowest BCUT2D eigenvalue weighted by Crippen LogP contribution is -2.07. The molecule has 0 amide bonds. The van der Waals surface area contributed by atoms with E-state index in [9.17, 15) is 21.8 Å². The van der Waals surface area contributed by atoms with Crippen LogP contribution in [0.4, 0.5) is 8.78 Å². The molecule has 0 aliphatic rings. The lowest BCUT2D eigenvalue weighted by molar-refractivity contribution is 0.369. The Morgan fingerprint density at radius 3 is 2.18 bits per heavy atom. The highest BCUT2D eigenvalue weighted by Crippen LogP contribution is 2.41. The molecular formula is C7H7F2O6PS. The maximum absolute atomic E-state index is 13.2. The monoisotopic (exact) mass is 288 g/mol. The Morgan fingerprint density at radius 2 is 1.76 bits per heavy atom. The summed E-state index contributed by atoms with van der Waals surface area (Å²) in [6, 6.07) is 0.959. The van der Waals surface area contributed by atoms with Crippen LogP contribution in [0.2, 0.25) is 0 Å². The summed E-state index contributed by atoms with van der Waals surface area (Å²) in [5.41, 5.74) is -1.08. The van der Waals surface area contributed by atoms with Crippen LogP contribution in [0.25, 0.3) is 0 Å². The van der Waals surface area contributed by atoms with Crippen molar-refractivity contribution in [2.45, 2.75) is 11.1 Å². The smallest absolute Gasteiger partial charge is 0.324 e. The molecule has 10 heteroatoms. The van der Waals surface area contributed by atoms with Crippen molar-refractivity contribution < 1.29 is 36.1 Å². The highest BCUT2D eigenvalue weighted by molar-refractivity contribution is 7.86. The summed E-state index contributed by atoms with van der Waals surface area (Å²) in [6.07, 6.45) is -1.33. The summed E-state index contributed by atoms with van der Waals surface area (Å²) in [6.45, 7) is 0. The van der Waals surface area contributed by atoms with Crippen LogP contribution < -0.4 is 0 Å². The molecule has 0 aliphatic carbocycles. The third-order valence-corrected chi connectivity index (χ3v) is 3.46. The van der Waals surface area contributed by atoms with Crippen molar-refractivity contribution in [2.24, 2.45) is 0 Å². The van der Waals surface area contributed by atoms with E-state index in [0.29, 0.717) is 12.1 Å². The molecular weight excluding hydrogens is 281 g/mol. The molecule has 1 rings (SSSR count). The molecule has 0 saturated carbocycles. The zero-order chi connectivity index (χ0) is 13.4. The van der Waals surface area contributed by atoms with Crippen molar-refractivity contribution in [3.63, 3.8) is 0 Å². The first-order valence-corrected chi connectivity index (χ1v) is 7.25. The zero-order valence-electron chi connectivity index (χ0n) is 8.04. The van der Waals surface area contributed by atoms with Gasteiger partial charge >= 0.3 is 7.60 Å². The van der Waals surface area contributed by atoms with Crippen LogP contribution in [0, 0.1) is 11.6 Å². The van der Waals surface area contributed by atoms with Crippen LogP contribution in [-0.4, -0.2) is 22.8 Å². The Hall–Kier alpha value is -0.860. The maximum atomic E-state index is 13.2. The third kappa shape index (κ3) is 3.55. The SMILES string of the molecule is O=P(O)(O)Cc1c(S(=O)(=O)O)ccc(F)c1F. The first kappa shape index (κ1) is 14.2. The normalized spacial score (nSPS) is 12.8. The van der Waals surface area contributed by atoms with Gasteiger partial charge < -0.3 is 9.79 Å². The Labute approximate surface area is 94.8 Å². The van der Waals surface area contributed by atoms with Crippen molar-refractivity contribution in [1.82, 2.24) is 0 Å². The Bertz CT molecular complexity index is 593. The van der Waals surface area contributed by atoms with Crippen LogP contribution in [0.3, 0.4) is 0 Å². The molecule has 0 aliphatic heterocycles. The molecule has 0 radical (unpaired) electrons. The number of benzene rings is 1. The molecule has 0 bridgehead atoms. The van der Waals surface area contributed by atoms with Crippen LogP contribution in [0.15, 0.2) is 17.0 Å². The summed E-state index contributed by atoms with van der Waals surface area (Å²) < 4.78 is 67.1. The lowest BCUT2D eigenvalue weighted by Gasteiger charge is -2.09. The van der Waals surface area contributed by atoms with E-state index in [1.165, 1.54) is 0 Å². The molecule has 0 spiro atoms. The molecule has 0 atom stereocenters. The molecule has 0 saturated heterocycles. The third-order valence-electron chi connectivity index (χ3n) is 1.80. The van der Waals surface area contributed by atoms with Crippen LogP contribution >= 0.6 is 7.60 Å². The van der Waals surface area contributed by atoms with E-state index < -0.39 is 46.0 Å². The van der Waals surface area contributed by atoms with Gasteiger partial charge in [0.1, 0.15) is 4.90 Å². The van der Waals surface area contributed by atoms with Crippen LogP contribution in [0.1, 0.15) is 5.56 Å². The lowest BCUT2D eigenvalue weighted by atomic mass is 10.2. The van der Waals surface area contributed by atoms with Gasteiger partial charge in [-0.1, -0.05) is 0 Å². The minimum Gasteiger partial charge on any atom is -0.324 e. The minimum absolute atomic E-state index is 0.432. The number of hydrogen-bond acceptors (Lipinski definition) is 3. The highest BCUT2D eigenvalue weighted by Gasteiger charge is 2.27. The molecule has 0 fully saturated rings. The van der Waals surface area contributed by atoms with E-state index >= 15 is 0 Å². The van der Waals surface area contributed by atoms with Crippen molar-refractivity contribution in [2.75, 3.05) is 0 Å². The molecule has 6 nitrogen and oxygen atoms in total. The van der Waals surface area contributed by atoms with Gasteiger partial charge in [-0.3, -0.25) is 9.12 Å². The fraction of sp³-hybridized carbons (Fsp3) is 0.143. The molecule has 1 aromatic carbocycles. The van der Waals surface area contributed by atoms with Crippen molar-refractivity contribution in [1.29, 1.82) is 0 Å². The molecule has 0 aromatic heterocycles. The molecule has 3 N–H and O–H groups in total. The van der Waals surface area contributed by atoms with Gasteiger partial charge in [0.15, 0.2) is 11.6 Å². The number of rotatable bonds is 3. The first-order valence-electron chi connectivity index (χ1n) is 4.01. The van der Waals surface area contributed by atoms with Gasteiger partial charge in [0, 0.05) is 5.56 Å². The topological polar surface area (TPSA) is 112 Å². The van der Waals surface area contributed by atoms with E-state index in [1.54, 1.807) is 0 Å². The number of hydrogen-bond donors (Lipinski definition) is 3. The summed E-state index contributed by atoms with van der Waals surface area (Å²) in [5.74, 6) is -3.19. The van der Waals surface area contributed by atoms with Gasteiger partial charge in [0.05, 0.1) is 6.16 Å². The van der Waals surface area contributed by atoms with Crippen LogP contribution in [0.5, 0.6) is 0 Å². The quantitative estimate of drug-likeness (QED) is 0.562. The standard InChI is InChI=1S/C7H7F2O6PS/c8-5-1-2-6(17(13,14)15)4(7(5)9)3-16(10,11)12/h1-2H,3H2,(H2,10,11,12)(H,13,14,15). The predicted octanol–water partition coefficient (Wildman–Crippen LogP) is 0.889. The average Bonchev–Trinajstić information content (AvgIpc) is 2.08. The molecule has 17 heavy (non-hydrogen) atoms. The van der Waals surface area contributed by atoms with Crippen LogP contribution in [-0.2, 0) is 20.8 Å². The summed E-state index contributed by atoms with van der Waals surface area (Å²) >= 11 is 0. The van der Waals surface area contributed by atoms with Gasteiger partial charge in [-0.15, -0.1) is 0 Å². The predicted molar refractivity (Wildman–Crippen MR) is 51.9 cm³/mol. The second kappa shape index (κ2) is 4.43. The zero-order valence-corrected chi connectivity index (χ0v) is 9.75. The van der Waals surface area contributed by atoms with E-state index in [-0.39, 0.29) is 0 Å². The highest BCUT2D eigenvalue weighted by atomic mass is 32.2. The fourth-order valence-electron chi connectivity index (χ4n) is 1.17. The average molecular weight is 288 g/mol. The summed E-state index contributed by atoms with van der Waals surface area (Å²) in [5, 5.41) is 0. The second-order valence-electron chi connectivity index (χ2n) is 3.14. The maximum Gasteiger partial charge on any atom is 0.330 e. The largest absolute Gasteiger partial charge is 0.330 e. The Morgan fingerprint density at radius 1 is 1.24 bits per heavy atom. The molecule has 0 heterocycles. The van der Waals surface area contributed by atoms with E-state index in [2.05, 4.69) is 0 Å². The van der Waals surface area contributed by atoms with Gasteiger partial charge in [-0.05, 0) is 12.1 Å². The van der Waals surface area contributed by atoms with Gasteiger partial charge in [-0.25, -0.2) is 8.78 Å². The molecule has 1 aromatic rings. The second-order valence-corrected chi connectivity index (χ2v) is 6.17. The first-order chi connectivity index (χ1) is 7.52.